The third kappa shape index (κ3) is 5.52. The Labute approximate surface area is 114 Å². The Bertz CT molecular complexity index is 393. The molecule has 1 rings (SSSR count). The van der Waals surface area contributed by atoms with E-state index in [1.165, 1.54) is 0 Å². The van der Waals surface area contributed by atoms with E-state index in [4.69, 9.17) is 11.6 Å². The van der Waals surface area contributed by atoms with Crippen molar-refractivity contribution in [3.8, 4) is 0 Å². The largest absolute Gasteiger partial charge is 0.324 e. The van der Waals surface area contributed by atoms with E-state index in [2.05, 4.69) is 31.4 Å². The molecule has 1 aromatic carbocycles. The lowest BCUT2D eigenvalue weighted by atomic mass is 10.1. The lowest BCUT2D eigenvalue weighted by Gasteiger charge is -2.15. The van der Waals surface area contributed by atoms with Gasteiger partial charge in [-0.1, -0.05) is 37.6 Å². The molecule has 0 aliphatic rings. The van der Waals surface area contributed by atoms with Gasteiger partial charge in [0.1, 0.15) is 0 Å². The molecule has 0 aliphatic heterocycles. The molecule has 0 bridgehead atoms. The summed E-state index contributed by atoms with van der Waals surface area (Å²) in [6, 6.07) is 7.56. The molecular formula is C14H21ClN2O. The van der Waals surface area contributed by atoms with Crippen LogP contribution in [0.5, 0.6) is 0 Å². The van der Waals surface area contributed by atoms with E-state index in [9.17, 15) is 4.79 Å². The number of carbonyl (C=O) groups is 1. The van der Waals surface area contributed by atoms with E-state index in [1.807, 2.05) is 12.1 Å². The van der Waals surface area contributed by atoms with Crippen molar-refractivity contribution in [2.24, 2.45) is 5.92 Å². The maximum Gasteiger partial charge on any atom is 0.238 e. The Hall–Kier alpha value is -1.06. The van der Waals surface area contributed by atoms with Crippen LogP contribution in [0.15, 0.2) is 24.3 Å². The van der Waals surface area contributed by atoms with Crippen molar-refractivity contribution in [2.45, 2.75) is 33.2 Å². The maximum absolute atomic E-state index is 11.7. The second-order valence-electron chi connectivity index (χ2n) is 4.94. The molecule has 1 aromatic rings. The Morgan fingerprint density at radius 1 is 1.28 bits per heavy atom. The van der Waals surface area contributed by atoms with Crippen LogP contribution >= 0.6 is 11.6 Å². The van der Waals surface area contributed by atoms with Crippen LogP contribution < -0.4 is 10.6 Å². The van der Waals surface area contributed by atoms with E-state index in [-0.39, 0.29) is 5.91 Å². The van der Waals surface area contributed by atoms with E-state index in [0.717, 1.165) is 6.42 Å². The van der Waals surface area contributed by atoms with Crippen molar-refractivity contribution in [2.75, 3.05) is 11.9 Å². The van der Waals surface area contributed by atoms with Gasteiger partial charge in [-0.3, -0.25) is 4.79 Å². The van der Waals surface area contributed by atoms with Crippen molar-refractivity contribution in [1.82, 2.24) is 5.32 Å². The molecule has 18 heavy (non-hydrogen) atoms. The number of benzene rings is 1. The van der Waals surface area contributed by atoms with Gasteiger partial charge in [0.25, 0.3) is 0 Å². The third-order valence-electron chi connectivity index (χ3n) is 2.58. The van der Waals surface area contributed by atoms with Gasteiger partial charge in [-0.25, -0.2) is 0 Å². The summed E-state index contributed by atoms with van der Waals surface area (Å²) in [6.45, 7) is 6.73. The first-order valence-corrected chi connectivity index (χ1v) is 6.64. The van der Waals surface area contributed by atoms with Crippen LogP contribution in [0.1, 0.15) is 27.2 Å². The highest BCUT2D eigenvalue weighted by molar-refractivity contribution is 6.33. The van der Waals surface area contributed by atoms with Gasteiger partial charge >= 0.3 is 0 Å². The number of para-hydroxylation sites is 1. The molecule has 0 aliphatic carbocycles. The number of hydrogen-bond acceptors (Lipinski definition) is 2. The van der Waals surface area contributed by atoms with Gasteiger partial charge in [-0.2, -0.15) is 0 Å². The second kappa shape index (κ2) is 7.39. The molecule has 1 atom stereocenters. The average molecular weight is 269 g/mol. The molecule has 0 heterocycles. The zero-order chi connectivity index (χ0) is 13.5. The minimum absolute atomic E-state index is 0.0706. The standard InChI is InChI=1S/C14H21ClN2O/c1-10(2)8-11(3)16-9-14(18)17-13-7-5-4-6-12(13)15/h4-7,10-11,16H,8-9H2,1-3H3,(H,17,18). The van der Waals surface area contributed by atoms with Crippen molar-refractivity contribution in [1.29, 1.82) is 0 Å². The van der Waals surface area contributed by atoms with Crippen LogP contribution in [-0.4, -0.2) is 18.5 Å². The Kier molecular flexibility index (Phi) is 6.16. The highest BCUT2D eigenvalue weighted by Crippen LogP contribution is 2.19. The average Bonchev–Trinajstić information content (AvgIpc) is 2.29. The first-order chi connectivity index (χ1) is 8.49. The van der Waals surface area contributed by atoms with Gasteiger partial charge in [0.05, 0.1) is 17.3 Å². The van der Waals surface area contributed by atoms with Crippen LogP contribution in [-0.2, 0) is 4.79 Å². The van der Waals surface area contributed by atoms with Gasteiger partial charge in [-0.05, 0) is 31.4 Å². The molecule has 0 saturated carbocycles. The SMILES string of the molecule is CC(C)CC(C)NCC(=O)Nc1ccccc1Cl. The zero-order valence-corrected chi connectivity index (χ0v) is 11.9. The van der Waals surface area contributed by atoms with E-state index < -0.39 is 0 Å². The van der Waals surface area contributed by atoms with E-state index in [1.54, 1.807) is 12.1 Å². The topological polar surface area (TPSA) is 41.1 Å². The Balaban J connectivity index is 2.36. The summed E-state index contributed by atoms with van der Waals surface area (Å²) >= 11 is 5.96. The van der Waals surface area contributed by atoms with Gasteiger partial charge in [0, 0.05) is 6.04 Å². The minimum atomic E-state index is -0.0706. The zero-order valence-electron chi connectivity index (χ0n) is 11.2. The summed E-state index contributed by atoms with van der Waals surface area (Å²) in [5, 5.41) is 6.54. The van der Waals surface area contributed by atoms with Gasteiger partial charge < -0.3 is 10.6 Å². The van der Waals surface area contributed by atoms with Crippen LogP contribution in [0.4, 0.5) is 5.69 Å². The van der Waals surface area contributed by atoms with Crippen LogP contribution in [0.3, 0.4) is 0 Å². The molecular weight excluding hydrogens is 248 g/mol. The molecule has 1 unspecified atom stereocenters. The molecule has 2 N–H and O–H groups in total. The monoisotopic (exact) mass is 268 g/mol. The fraction of sp³-hybridized carbons (Fsp3) is 0.500. The molecule has 0 spiro atoms. The quantitative estimate of drug-likeness (QED) is 0.831. The summed E-state index contributed by atoms with van der Waals surface area (Å²) in [5.74, 6) is 0.554. The number of amides is 1. The van der Waals surface area contributed by atoms with Crippen LogP contribution in [0.2, 0.25) is 5.02 Å². The molecule has 0 aromatic heterocycles. The van der Waals surface area contributed by atoms with Gasteiger partial charge in [0.15, 0.2) is 0 Å². The van der Waals surface area contributed by atoms with Crippen LogP contribution in [0.25, 0.3) is 0 Å². The molecule has 0 saturated heterocycles. The van der Waals surface area contributed by atoms with Gasteiger partial charge in [0.2, 0.25) is 5.91 Å². The summed E-state index contributed by atoms with van der Waals surface area (Å²) < 4.78 is 0. The van der Waals surface area contributed by atoms with Crippen molar-refractivity contribution >= 4 is 23.2 Å². The molecule has 0 radical (unpaired) electrons. The minimum Gasteiger partial charge on any atom is -0.324 e. The van der Waals surface area contributed by atoms with E-state index >= 15 is 0 Å². The summed E-state index contributed by atoms with van der Waals surface area (Å²) in [7, 11) is 0. The summed E-state index contributed by atoms with van der Waals surface area (Å²) in [5.41, 5.74) is 0.655. The predicted octanol–water partition coefficient (Wildman–Crippen LogP) is 3.30. The summed E-state index contributed by atoms with van der Waals surface area (Å²) in [4.78, 5) is 11.7. The van der Waals surface area contributed by atoms with Gasteiger partial charge in [-0.15, -0.1) is 0 Å². The smallest absolute Gasteiger partial charge is 0.238 e. The molecule has 100 valence electrons. The normalized spacial score (nSPS) is 12.5. The first kappa shape index (κ1) is 15.0. The highest BCUT2D eigenvalue weighted by Gasteiger charge is 2.08. The lowest BCUT2D eigenvalue weighted by molar-refractivity contribution is -0.115. The lowest BCUT2D eigenvalue weighted by Crippen LogP contribution is -2.35. The number of rotatable bonds is 6. The number of hydrogen-bond donors (Lipinski definition) is 2. The predicted molar refractivity (Wildman–Crippen MR) is 77.0 cm³/mol. The van der Waals surface area contributed by atoms with Crippen molar-refractivity contribution in [3.05, 3.63) is 29.3 Å². The highest BCUT2D eigenvalue weighted by atomic mass is 35.5. The van der Waals surface area contributed by atoms with E-state index in [0.29, 0.717) is 29.2 Å². The summed E-state index contributed by atoms with van der Waals surface area (Å²) in [6.07, 6.45) is 1.05. The fourth-order valence-corrected chi connectivity index (χ4v) is 2.00. The number of anilines is 1. The molecule has 1 amide bonds. The van der Waals surface area contributed by atoms with Crippen LogP contribution in [0, 0.1) is 5.92 Å². The van der Waals surface area contributed by atoms with Crippen molar-refractivity contribution in [3.63, 3.8) is 0 Å². The number of carbonyl (C=O) groups excluding carboxylic acids is 1. The maximum atomic E-state index is 11.7. The Morgan fingerprint density at radius 2 is 1.94 bits per heavy atom. The molecule has 4 heteroatoms. The number of nitrogens with one attached hydrogen (secondary N) is 2. The fourth-order valence-electron chi connectivity index (χ4n) is 1.81. The molecule has 3 nitrogen and oxygen atoms in total. The molecule has 0 fully saturated rings. The third-order valence-corrected chi connectivity index (χ3v) is 2.91. The Morgan fingerprint density at radius 3 is 2.56 bits per heavy atom. The number of halogens is 1. The first-order valence-electron chi connectivity index (χ1n) is 6.26. The van der Waals surface area contributed by atoms with Crippen molar-refractivity contribution < 1.29 is 4.79 Å². The second-order valence-corrected chi connectivity index (χ2v) is 5.35.